The van der Waals surface area contributed by atoms with Crippen LogP contribution in [-0.2, 0) is 0 Å². The molecule has 17 heavy (non-hydrogen) atoms. The van der Waals surface area contributed by atoms with Gasteiger partial charge >= 0.3 is 0 Å². The van der Waals surface area contributed by atoms with Crippen molar-refractivity contribution in [1.29, 1.82) is 0 Å². The first-order valence-electron chi connectivity index (χ1n) is 5.86. The fraction of sp³-hybridized carbons (Fsp3) is 0.467. The van der Waals surface area contributed by atoms with Crippen molar-refractivity contribution in [3.63, 3.8) is 0 Å². The molecule has 2 nitrogen and oxygen atoms in total. The Bertz CT molecular complexity index is 317. The molecule has 0 unspecified atom stereocenters. The average molecular weight is 234 g/mol. The minimum absolute atomic E-state index is 0. The van der Waals surface area contributed by atoms with Crippen LogP contribution in [0.3, 0.4) is 0 Å². The normalized spacial score (nSPS) is 9.76. The van der Waals surface area contributed by atoms with Crippen LogP contribution in [-0.4, -0.2) is 9.13 Å². The Morgan fingerprint density at radius 3 is 0.941 bits per heavy atom. The summed E-state index contributed by atoms with van der Waals surface area (Å²) < 4.78 is 4.33. The Balaban J connectivity index is 0.000000284. The third-order valence-electron chi connectivity index (χ3n) is 2.45. The average Bonchev–Trinajstić information content (AvgIpc) is 2.93. The third-order valence-corrected chi connectivity index (χ3v) is 2.45. The van der Waals surface area contributed by atoms with E-state index in [2.05, 4.69) is 61.6 Å². The molecule has 0 atom stereocenters. The van der Waals surface area contributed by atoms with Crippen molar-refractivity contribution in [2.45, 2.75) is 47.2 Å². The van der Waals surface area contributed by atoms with Gasteiger partial charge in [0, 0.05) is 36.9 Å². The van der Waals surface area contributed by atoms with Gasteiger partial charge in [0.25, 0.3) is 0 Å². The maximum Gasteiger partial charge on any atom is 0.0274 e. The van der Waals surface area contributed by atoms with E-state index in [-0.39, 0.29) is 7.43 Å². The highest BCUT2D eigenvalue weighted by molar-refractivity contribution is 4.92. The zero-order valence-corrected chi connectivity index (χ0v) is 10.7. The molecule has 0 aliphatic heterocycles. The molecular weight excluding hydrogens is 208 g/mol. The second-order valence-corrected chi connectivity index (χ2v) is 4.45. The van der Waals surface area contributed by atoms with Gasteiger partial charge in [0.15, 0.2) is 0 Å². The van der Waals surface area contributed by atoms with E-state index in [0.29, 0.717) is 12.1 Å². The first kappa shape index (κ1) is 15.6. The lowest BCUT2D eigenvalue weighted by atomic mass is 10.4. The summed E-state index contributed by atoms with van der Waals surface area (Å²) in [6.45, 7) is 8.67. The van der Waals surface area contributed by atoms with Crippen LogP contribution < -0.4 is 0 Å². The standard InChI is InChI=1S/2C7H11N.CH4/c2*1-7(2)8-5-3-4-6-8;/h2*3-7H,1-2H3;1H4. The summed E-state index contributed by atoms with van der Waals surface area (Å²) in [5, 5.41) is 0. The summed E-state index contributed by atoms with van der Waals surface area (Å²) in [6.07, 6.45) is 8.30. The van der Waals surface area contributed by atoms with E-state index < -0.39 is 0 Å². The SMILES string of the molecule is C.CC(C)n1cccc1.CC(C)n1cccc1. The number of rotatable bonds is 2. The Kier molecular flexibility index (Phi) is 7.11. The highest BCUT2D eigenvalue weighted by Crippen LogP contribution is 2.02. The summed E-state index contributed by atoms with van der Waals surface area (Å²) in [4.78, 5) is 0. The van der Waals surface area contributed by atoms with Gasteiger partial charge < -0.3 is 9.13 Å². The highest BCUT2D eigenvalue weighted by atomic mass is 15.0. The molecule has 0 bridgehead atoms. The zero-order chi connectivity index (χ0) is 12.0. The summed E-state index contributed by atoms with van der Waals surface area (Å²) in [5.74, 6) is 0. The molecule has 2 aromatic rings. The van der Waals surface area contributed by atoms with Gasteiger partial charge in [-0.2, -0.15) is 0 Å². The van der Waals surface area contributed by atoms with E-state index in [4.69, 9.17) is 0 Å². The molecule has 2 aromatic heterocycles. The predicted molar refractivity (Wildman–Crippen MR) is 76.4 cm³/mol. The van der Waals surface area contributed by atoms with Crippen molar-refractivity contribution < 1.29 is 0 Å². The van der Waals surface area contributed by atoms with Gasteiger partial charge in [0.2, 0.25) is 0 Å². The number of hydrogen-bond donors (Lipinski definition) is 0. The molecule has 0 fully saturated rings. The molecule has 0 saturated carbocycles. The topological polar surface area (TPSA) is 9.86 Å². The third kappa shape index (κ3) is 5.43. The van der Waals surface area contributed by atoms with Gasteiger partial charge in [-0.25, -0.2) is 0 Å². The van der Waals surface area contributed by atoms with Crippen LogP contribution in [0.5, 0.6) is 0 Å². The number of nitrogens with zero attached hydrogens (tertiary/aromatic N) is 2. The van der Waals surface area contributed by atoms with Crippen molar-refractivity contribution in [3.05, 3.63) is 49.1 Å². The lowest BCUT2D eigenvalue weighted by Gasteiger charge is -2.03. The molecule has 2 heterocycles. The Morgan fingerprint density at radius 2 is 0.824 bits per heavy atom. The molecule has 0 aromatic carbocycles. The second kappa shape index (κ2) is 7.77. The Hall–Kier alpha value is -1.44. The molecule has 0 spiro atoms. The minimum Gasteiger partial charge on any atom is -0.352 e. The number of hydrogen-bond acceptors (Lipinski definition) is 0. The minimum atomic E-state index is 0. The maximum absolute atomic E-state index is 2.17. The van der Waals surface area contributed by atoms with E-state index in [0.717, 1.165) is 0 Å². The van der Waals surface area contributed by atoms with Crippen molar-refractivity contribution in [2.24, 2.45) is 0 Å². The monoisotopic (exact) mass is 234 g/mol. The molecule has 2 heteroatoms. The second-order valence-electron chi connectivity index (χ2n) is 4.45. The zero-order valence-electron chi connectivity index (χ0n) is 10.7. The molecule has 2 rings (SSSR count). The van der Waals surface area contributed by atoms with Crippen LogP contribution in [0.1, 0.15) is 47.2 Å². The number of aromatic nitrogens is 2. The van der Waals surface area contributed by atoms with Crippen LogP contribution in [0.15, 0.2) is 49.1 Å². The van der Waals surface area contributed by atoms with Gasteiger partial charge in [-0.3, -0.25) is 0 Å². The van der Waals surface area contributed by atoms with Crippen molar-refractivity contribution in [3.8, 4) is 0 Å². The van der Waals surface area contributed by atoms with Crippen LogP contribution in [0.25, 0.3) is 0 Å². The van der Waals surface area contributed by atoms with Gasteiger partial charge in [-0.1, -0.05) is 7.43 Å². The van der Waals surface area contributed by atoms with E-state index >= 15 is 0 Å². The summed E-state index contributed by atoms with van der Waals surface area (Å²) in [7, 11) is 0. The van der Waals surface area contributed by atoms with E-state index in [1.165, 1.54) is 0 Å². The van der Waals surface area contributed by atoms with Gasteiger partial charge in [-0.05, 0) is 52.0 Å². The van der Waals surface area contributed by atoms with Gasteiger partial charge in [0.1, 0.15) is 0 Å². The molecule has 0 N–H and O–H groups in total. The van der Waals surface area contributed by atoms with Crippen LogP contribution in [0.4, 0.5) is 0 Å². The smallest absolute Gasteiger partial charge is 0.0274 e. The van der Waals surface area contributed by atoms with Crippen LogP contribution >= 0.6 is 0 Å². The molecule has 0 saturated heterocycles. The quantitative estimate of drug-likeness (QED) is 0.708. The fourth-order valence-electron chi connectivity index (χ4n) is 1.38. The largest absolute Gasteiger partial charge is 0.352 e. The van der Waals surface area contributed by atoms with Gasteiger partial charge in [-0.15, -0.1) is 0 Å². The Labute approximate surface area is 106 Å². The molecule has 0 radical (unpaired) electrons. The van der Waals surface area contributed by atoms with E-state index in [9.17, 15) is 0 Å². The van der Waals surface area contributed by atoms with Crippen LogP contribution in [0.2, 0.25) is 0 Å². The molecule has 0 aliphatic carbocycles. The van der Waals surface area contributed by atoms with Crippen LogP contribution in [0, 0.1) is 0 Å². The first-order chi connectivity index (χ1) is 7.61. The van der Waals surface area contributed by atoms with Crippen molar-refractivity contribution in [1.82, 2.24) is 9.13 Å². The van der Waals surface area contributed by atoms with E-state index in [1.807, 2.05) is 24.3 Å². The molecule has 0 amide bonds. The summed E-state index contributed by atoms with van der Waals surface area (Å²) in [6, 6.07) is 9.37. The van der Waals surface area contributed by atoms with Gasteiger partial charge in [0.05, 0.1) is 0 Å². The predicted octanol–water partition coefficient (Wildman–Crippen LogP) is 4.77. The lowest BCUT2D eigenvalue weighted by molar-refractivity contribution is 0.604. The maximum atomic E-state index is 2.17. The molecule has 96 valence electrons. The highest BCUT2D eigenvalue weighted by Gasteiger charge is 1.90. The molecular formula is C15H26N2. The van der Waals surface area contributed by atoms with Crippen molar-refractivity contribution >= 4 is 0 Å². The Morgan fingerprint density at radius 1 is 0.588 bits per heavy atom. The lowest BCUT2D eigenvalue weighted by Crippen LogP contribution is -1.94. The first-order valence-corrected chi connectivity index (χ1v) is 5.86. The fourth-order valence-corrected chi connectivity index (χ4v) is 1.38. The summed E-state index contributed by atoms with van der Waals surface area (Å²) >= 11 is 0. The van der Waals surface area contributed by atoms with E-state index in [1.54, 1.807) is 0 Å². The molecule has 0 aliphatic rings. The summed E-state index contributed by atoms with van der Waals surface area (Å²) in [5.41, 5.74) is 0. The van der Waals surface area contributed by atoms with Crippen molar-refractivity contribution in [2.75, 3.05) is 0 Å².